The number of pyridine rings is 1. The number of rotatable bonds is 3. The van der Waals surface area contributed by atoms with E-state index in [-0.39, 0.29) is 0 Å². The monoisotopic (exact) mass is 225 g/mol. The minimum absolute atomic E-state index is 0.454. The molecule has 0 radical (unpaired) electrons. The van der Waals surface area contributed by atoms with Gasteiger partial charge in [0.05, 0.1) is 5.54 Å². The number of amides is 2. The Bertz CT molecular complexity index is 379. The number of carbonyl (C=O) groups is 1. The zero-order valence-corrected chi connectivity index (χ0v) is 9.67. The first-order valence-corrected chi connectivity index (χ1v) is 5.01. The maximum Gasteiger partial charge on any atom is 0.320 e. The van der Waals surface area contributed by atoms with Crippen molar-refractivity contribution in [2.45, 2.75) is 26.3 Å². The second-order valence-electron chi connectivity index (χ2n) is 4.27. The Morgan fingerprint density at radius 3 is 2.81 bits per heavy atom. The molecule has 2 amide bonds. The molecule has 0 bridgehead atoms. The van der Waals surface area contributed by atoms with Crippen LogP contribution in [0.15, 0.2) is 18.3 Å². The van der Waals surface area contributed by atoms with Crippen molar-refractivity contribution in [2.24, 2.45) is 0 Å². The second-order valence-corrected chi connectivity index (χ2v) is 4.27. The van der Waals surface area contributed by atoms with Gasteiger partial charge in [0.15, 0.2) is 0 Å². The second kappa shape index (κ2) is 4.92. The van der Waals surface area contributed by atoms with E-state index in [0.29, 0.717) is 5.82 Å². The van der Waals surface area contributed by atoms with E-state index in [4.69, 9.17) is 0 Å². The predicted molar refractivity (Wildman–Crippen MR) is 61.2 cm³/mol. The minimum atomic E-state index is -0.868. The molecule has 1 aromatic heterocycles. The topological polar surface area (TPSA) is 54.0 Å². The number of hydrogen-bond donors (Lipinski definition) is 2. The molecule has 0 aliphatic rings. The maximum atomic E-state index is 12.5. The summed E-state index contributed by atoms with van der Waals surface area (Å²) in [6, 6.07) is 3.16. The molecule has 16 heavy (non-hydrogen) atoms. The first kappa shape index (κ1) is 12.4. The number of hydrogen-bond acceptors (Lipinski definition) is 2. The highest BCUT2D eigenvalue weighted by atomic mass is 19.1. The van der Waals surface area contributed by atoms with Crippen molar-refractivity contribution in [2.75, 3.05) is 12.0 Å². The van der Waals surface area contributed by atoms with Gasteiger partial charge < -0.3 is 5.32 Å². The van der Waals surface area contributed by atoms with Gasteiger partial charge >= 0.3 is 6.03 Å². The average molecular weight is 225 g/mol. The molecule has 4 nitrogen and oxygen atoms in total. The summed E-state index contributed by atoms with van der Waals surface area (Å²) >= 11 is 0. The van der Waals surface area contributed by atoms with Crippen LogP contribution in [0.2, 0.25) is 0 Å². The fourth-order valence-corrected chi connectivity index (χ4v) is 1.10. The third-order valence-corrected chi connectivity index (χ3v) is 2.03. The van der Waals surface area contributed by atoms with E-state index in [1.165, 1.54) is 0 Å². The molecule has 0 aromatic carbocycles. The molecule has 0 atom stereocenters. The predicted octanol–water partition coefficient (Wildman–Crippen LogP) is 2.26. The zero-order valence-electron chi connectivity index (χ0n) is 9.67. The van der Waals surface area contributed by atoms with Crippen molar-refractivity contribution >= 4 is 11.8 Å². The number of nitrogens with zero attached hydrogens (tertiary/aromatic N) is 1. The molecule has 2 N–H and O–H groups in total. The Kier molecular flexibility index (Phi) is 3.82. The van der Waals surface area contributed by atoms with Crippen LogP contribution in [0.4, 0.5) is 15.0 Å². The van der Waals surface area contributed by atoms with Gasteiger partial charge in [0.25, 0.3) is 0 Å². The van der Waals surface area contributed by atoms with Gasteiger partial charge in [0.1, 0.15) is 12.5 Å². The van der Waals surface area contributed by atoms with Gasteiger partial charge in [-0.2, -0.15) is 0 Å². The Morgan fingerprint density at radius 2 is 2.25 bits per heavy atom. The van der Waals surface area contributed by atoms with Gasteiger partial charge in [-0.25, -0.2) is 14.2 Å². The Labute approximate surface area is 94.3 Å². The summed E-state index contributed by atoms with van der Waals surface area (Å²) in [7, 11) is 0. The first-order chi connectivity index (χ1) is 7.44. The number of alkyl halides is 1. The molecule has 5 heteroatoms. The summed E-state index contributed by atoms with van der Waals surface area (Å²) < 4.78 is 12.5. The molecule has 0 aliphatic carbocycles. The molecule has 1 aromatic rings. The third-order valence-electron chi connectivity index (χ3n) is 2.03. The lowest BCUT2D eigenvalue weighted by Crippen LogP contribution is -2.47. The van der Waals surface area contributed by atoms with E-state index < -0.39 is 18.2 Å². The van der Waals surface area contributed by atoms with E-state index in [1.807, 2.05) is 13.0 Å². The quantitative estimate of drug-likeness (QED) is 0.829. The normalized spacial score (nSPS) is 11.0. The number of aromatic nitrogens is 1. The third kappa shape index (κ3) is 3.49. The number of urea groups is 1. The SMILES string of the molecule is Cc1cccnc1NC(=O)NC(C)(C)CF. The van der Waals surface area contributed by atoms with Gasteiger partial charge in [0, 0.05) is 6.20 Å². The van der Waals surface area contributed by atoms with E-state index in [0.717, 1.165) is 5.56 Å². The molecule has 0 saturated carbocycles. The highest BCUT2D eigenvalue weighted by Gasteiger charge is 2.20. The Morgan fingerprint density at radius 1 is 1.56 bits per heavy atom. The van der Waals surface area contributed by atoms with E-state index in [9.17, 15) is 9.18 Å². The van der Waals surface area contributed by atoms with Crippen molar-refractivity contribution in [3.05, 3.63) is 23.9 Å². The van der Waals surface area contributed by atoms with Crippen LogP contribution < -0.4 is 10.6 Å². The van der Waals surface area contributed by atoms with Gasteiger partial charge in [-0.3, -0.25) is 5.32 Å². The van der Waals surface area contributed by atoms with Crippen molar-refractivity contribution in [1.82, 2.24) is 10.3 Å². The average Bonchev–Trinajstić information content (AvgIpc) is 2.21. The number of halogens is 1. The number of carbonyl (C=O) groups excluding carboxylic acids is 1. The molecule has 88 valence electrons. The van der Waals surface area contributed by atoms with E-state index in [1.54, 1.807) is 26.1 Å². The molecular weight excluding hydrogens is 209 g/mol. The van der Waals surface area contributed by atoms with Crippen molar-refractivity contribution in [1.29, 1.82) is 0 Å². The summed E-state index contributed by atoms with van der Waals surface area (Å²) in [4.78, 5) is 15.5. The fourth-order valence-electron chi connectivity index (χ4n) is 1.10. The first-order valence-electron chi connectivity index (χ1n) is 5.01. The Balaban J connectivity index is 2.62. The number of anilines is 1. The standard InChI is InChI=1S/C11H16FN3O/c1-8-5-4-6-13-9(8)14-10(16)15-11(2,3)7-12/h4-6H,7H2,1-3H3,(H2,13,14,15,16). The van der Waals surface area contributed by atoms with Crippen molar-refractivity contribution in [3.8, 4) is 0 Å². The largest absolute Gasteiger partial charge is 0.330 e. The van der Waals surface area contributed by atoms with Gasteiger partial charge in [-0.15, -0.1) is 0 Å². The molecule has 1 rings (SSSR count). The van der Waals surface area contributed by atoms with Crippen LogP contribution in [0.1, 0.15) is 19.4 Å². The van der Waals surface area contributed by atoms with Crippen LogP contribution in [0, 0.1) is 6.92 Å². The maximum absolute atomic E-state index is 12.5. The van der Waals surface area contributed by atoms with E-state index in [2.05, 4.69) is 15.6 Å². The number of nitrogens with one attached hydrogen (secondary N) is 2. The lowest BCUT2D eigenvalue weighted by atomic mass is 10.1. The summed E-state index contributed by atoms with van der Waals surface area (Å²) in [6.45, 7) is 4.43. The molecule has 0 spiro atoms. The molecule has 0 unspecified atom stereocenters. The van der Waals surface area contributed by atoms with Crippen LogP contribution in [0.5, 0.6) is 0 Å². The van der Waals surface area contributed by atoms with Crippen LogP contribution in [-0.4, -0.2) is 23.2 Å². The Hall–Kier alpha value is -1.65. The summed E-state index contributed by atoms with van der Waals surface area (Å²) in [6.07, 6.45) is 1.59. The number of aryl methyl sites for hydroxylation is 1. The molecule has 0 aliphatic heterocycles. The van der Waals surface area contributed by atoms with Gasteiger partial charge in [0.2, 0.25) is 0 Å². The summed E-state index contributed by atoms with van der Waals surface area (Å²) in [5, 5.41) is 5.09. The molecule has 0 saturated heterocycles. The highest BCUT2D eigenvalue weighted by Crippen LogP contribution is 2.09. The molecule has 1 heterocycles. The minimum Gasteiger partial charge on any atom is -0.330 e. The van der Waals surface area contributed by atoms with E-state index >= 15 is 0 Å². The summed E-state index contributed by atoms with van der Waals surface area (Å²) in [5.74, 6) is 0.481. The van der Waals surface area contributed by atoms with Crippen molar-refractivity contribution in [3.63, 3.8) is 0 Å². The molecule has 0 fully saturated rings. The lowest BCUT2D eigenvalue weighted by molar-refractivity contribution is 0.231. The lowest BCUT2D eigenvalue weighted by Gasteiger charge is -2.22. The summed E-state index contributed by atoms with van der Waals surface area (Å²) in [5.41, 5.74) is -0.0112. The fraction of sp³-hybridized carbons (Fsp3) is 0.455. The van der Waals surface area contributed by atoms with Gasteiger partial charge in [-0.1, -0.05) is 6.07 Å². The zero-order chi connectivity index (χ0) is 12.2. The molecular formula is C11H16FN3O. The van der Waals surface area contributed by atoms with Crippen LogP contribution in [0.25, 0.3) is 0 Å². The van der Waals surface area contributed by atoms with Crippen LogP contribution in [0.3, 0.4) is 0 Å². The smallest absolute Gasteiger partial charge is 0.320 e. The van der Waals surface area contributed by atoms with Crippen LogP contribution >= 0.6 is 0 Å². The van der Waals surface area contributed by atoms with Crippen molar-refractivity contribution < 1.29 is 9.18 Å². The highest BCUT2D eigenvalue weighted by molar-refractivity contribution is 5.89. The van der Waals surface area contributed by atoms with Gasteiger partial charge in [-0.05, 0) is 32.4 Å². The van der Waals surface area contributed by atoms with Crippen LogP contribution in [-0.2, 0) is 0 Å².